The van der Waals surface area contributed by atoms with E-state index >= 15 is 0 Å². The second-order valence-electron chi connectivity index (χ2n) is 7.91. The molecule has 1 rings (SSSR count). The number of amides is 3. The van der Waals surface area contributed by atoms with Gasteiger partial charge in [-0.2, -0.15) is 0 Å². The minimum atomic E-state index is -0.481. The fourth-order valence-electron chi connectivity index (χ4n) is 3.39. The van der Waals surface area contributed by atoms with Crippen LogP contribution in [0.5, 0.6) is 0 Å². The molecule has 6 nitrogen and oxygen atoms in total. The lowest BCUT2D eigenvalue weighted by molar-refractivity contribution is -0.142. The minimum Gasteiger partial charge on any atom is -0.344 e. The van der Waals surface area contributed by atoms with E-state index in [1.54, 1.807) is 4.90 Å². The Morgan fingerprint density at radius 3 is 1.96 bits per heavy atom. The van der Waals surface area contributed by atoms with Crippen LogP contribution in [0.4, 0.5) is 0 Å². The minimum absolute atomic E-state index is 0.0214. The second-order valence-corrected chi connectivity index (χ2v) is 7.91. The lowest BCUT2D eigenvalue weighted by Crippen LogP contribution is -2.57. The number of nitrogens with zero attached hydrogens (tertiary/aromatic N) is 2. The summed E-state index contributed by atoms with van der Waals surface area (Å²) in [5.41, 5.74) is 0. The summed E-state index contributed by atoms with van der Waals surface area (Å²) in [4.78, 5) is 40.8. The number of hydrogen-bond acceptors (Lipinski definition) is 3. The van der Waals surface area contributed by atoms with Gasteiger partial charge in [-0.05, 0) is 18.8 Å². The number of carbonyl (C=O) groups excluding carboxylic acids is 3. The highest BCUT2D eigenvalue weighted by Gasteiger charge is 2.31. The molecule has 0 spiro atoms. The second kappa shape index (κ2) is 12.7. The molecule has 0 radical (unpaired) electrons. The Labute approximate surface area is 165 Å². The molecule has 156 valence electrons. The maximum absolute atomic E-state index is 12.9. The number of rotatable bonds is 11. The molecule has 1 heterocycles. The van der Waals surface area contributed by atoms with E-state index in [1.165, 1.54) is 12.8 Å². The van der Waals surface area contributed by atoms with Crippen LogP contribution in [0, 0.1) is 5.92 Å². The molecule has 1 fully saturated rings. The van der Waals surface area contributed by atoms with Gasteiger partial charge in [0.15, 0.2) is 0 Å². The molecule has 0 saturated carbocycles. The lowest BCUT2D eigenvalue weighted by atomic mass is 10.0. The molecule has 0 aromatic rings. The highest BCUT2D eigenvalue weighted by molar-refractivity contribution is 5.88. The highest BCUT2D eigenvalue weighted by Crippen LogP contribution is 2.12. The predicted octanol–water partition coefficient (Wildman–Crippen LogP) is 2.96. The maximum Gasteiger partial charge on any atom is 0.245 e. The first kappa shape index (κ1) is 23.4. The third-order valence-corrected chi connectivity index (χ3v) is 5.16. The van der Waals surface area contributed by atoms with Crippen LogP contribution >= 0.6 is 0 Å². The summed E-state index contributed by atoms with van der Waals surface area (Å²) in [5, 5.41) is 2.95. The quantitative estimate of drug-likeness (QED) is 0.560. The van der Waals surface area contributed by atoms with Crippen molar-refractivity contribution in [2.45, 2.75) is 85.1 Å². The SMILES string of the molecule is CCCCCCCC(=O)NC(C(=O)N1CCN(C(=O)CCC)CC1)C(C)C. The van der Waals surface area contributed by atoms with Gasteiger partial charge in [-0.3, -0.25) is 14.4 Å². The van der Waals surface area contributed by atoms with E-state index < -0.39 is 6.04 Å². The zero-order valence-electron chi connectivity index (χ0n) is 17.8. The zero-order chi connectivity index (χ0) is 20.2. The normalized spacial score (nSPS) is 15.7. The Kier molecular flexibility index (Phi) is 11.1. The smallest absolute Gasteiger partial charge is 0.245 e. The molecule has 1 atom stereocenters. The fourth-order valence-corrected chi connectivity index (χ4v) is 3.39. The fraction of sp³-hybridized carbons (Fsp3) is 0.857. The van der Waals surface area contributed by atoms with Crippen molar-refractivity contribution < 1.29 is 14.4 Å². The molecular weight excluding hydrogens is 342 g/mol. The van der Waals surface area contributed by atoms with E-state index in [0.29, 0.717) is 39.0 Å². The highest BCUT2D eigenvalue weighted by atomic mass is 16.2. The van der Waals surface area contributed by atoms with Crippen molar-refractivity contribution in [1.29, 1.82) is 0 Å². The Bertz CT molecular complexity index is 471. The van der Waals surface area contributed by atoms with Gasteiger partial charge in [0.25, 0.3) is 0 Å². The Morgan fingerprint density at radius 2 is 1.41 bits per heavy atom. The monoisotopic (exact) mass is 381 g/mol. The molecule has 0 aromatic carbocycles. The third-order valence-electron chi connectivity index (χ3n) is 5.16. The molecule has 1 aliphatic heterocycles. The molecule has 6 heteroatoms. The van der Waals surface area contributed by atoms with Gasteiger partial charge < -0.3 is 15.1 Å². The number of nitrogens with one attached hydrogen (secondary N) is 1. The molecule has 3 amide bonds. The van der Waals surface area contributed by atoms with Crippen molar-refractivity contribution in [1.82, 2.24) is 15.1 Å². The van der Waals surface area contributed by atoms with Gasteiger partial charge in [-0.25, -0.2) is 0 Å². The number of carbonyl (C=O) groups is 3. The first-order valence-corrected chi connectivity index (χ1v) is 10.8. The molecule has 1 unspecified atom stereocenters. The van der Waals surface area contributed by atoms with Crippen molar-refractivity contribution in [2.75, 3.05) is 26.2 Å². The molecule has 1 N–H and O–H groups in total. The number of piperazine rings is 1. The summed E-state index contributed by atoms with van der Waals surface area (Å²) in [6.07, 6.45) is 7.40. The van der Waals surface area contributed by atoms with Gasteiger partial charge in [0.05, 0.1) is 0 Å². The van der Waals surface area contributed by atoms with E-state index in [2.05, 4.69) is 12.2 Å². The van der Waals surface area contributed by atoms with Crippen molar-refractivity contribution in [2.24, 2.45) is 5.92 Å². The van der Waals surface area contributed by atoms with Crippen LogP contribution in [0.15, 0.2) is 0 Å². The van der Waals surface area contributed by atoms with Gasteiger partial charge in [-0.1, -0.05) is 53.4 Å². The molecule has 1 aliphatic rings. The van der Waals surface area contributed by atoms with Crippen LogP contribution in [-0.4, -0.2) is 59.7 Å². The van der Waals surface area contributed by atoms with E-state index in [0.717, 1.165) is 25.7 Å². The predicted molar refractivity (Wildman–Crippen MR) is 108 cm³/mol. The van der Waals surface area contributed by atoms with Gasteiger partial charge in [0, 0.05) is 39.0 Å². The summed E-state index contributed by atoms with van der Waals surface area (Å²) in [6.45, 7) is 10.4. The van der Waals surface area contributed by atoms with Crippen molar-refractivity contribution >= 4 is 17.7 Å². The summed E-state index contributed by atoms with van der Waals surface area (Å²) >= 11 is 0. The van der Waals surface area contributed by atoms with Gasteiger partial charge in [0.1, 0.15) is 6.04 Å². The Balaban J connectivity index is 2.47. The molecule has 0 aromatic heterocycles. The van der Waals surface area contributed by atoms with Crippen molar-refractivity contribution in [3.05, 3.63) is 0 Å². The molecule has 0 aliphatic carbocycles. The molecule has 27 heavy (non-hydrogen) atoms. The lowest BCUT2D eigenvalue weighted by Gasteiger charge is -2.37. The Morgan fingerprint density at radius 1 is 0.815 bits per heavy atom. The topological polar surface area (TPSA) is 69.7 Å². The van der Waals surface area contributed by atoms with E-state index in [1.807, 2.05) is 25.7 Å². The van der Waals surface area contributed by atoms with Crippen molar-refractivity contribution in [3.8, 4) is 0 Å². The van der Waals surface area contributed by atoms with Crippen LogP contribution in [-0.2, 0) is 14.4 Å². The van der Waals surface area contributed by atoms with E-state index in [4.69, 9.17) is 0 Å². The average molecular weight is 382 g/mol. The van der Waals surface area contributed by atoms with Gasteiger partial charge >= 0.3 is 0 Å². The maximum atomic E-state index is 12.9. The molecule has 1 saturated heterocycles. The number of hydrogen-bond donors (Lipinski definition) is 1. The largest absolute Gasteiger partial charge is 0.344 e. The van der Waals surface area contributed by atoms with E-state index in [9.17, 15) is 14.4 Å². The first-order valence-electron chi connectivity index (χ1n) is 10.8. The van der Waals surface area contributed by atoms with Crippen LogP contribution in [0.2, 0.25) is 0 Å². The summed E-state index contributed by atoms with van der Waals surface area (Å²) in [7, 11) is 0. The standard InChI is InChI=1S/C21H39N3O3/c1-5-7-8-9-10-12-18(25)22-20(17(3)4)21(27)24-15-13-23(14-16-24)19(26)11-6-2/h17,20H,5-16H2,1-4H3,(H,22,25). The zero-order valence-corrected chi connectivity index (χ0v) is 17.8. The first-order chi connectivity index (χ1) is 12.9. The van der Waals surface area contributed by atoms with Crippen LogP contribution in [0.25, 0.3) is 0 Å². The summed E-state index contributed by atoms with van der Waals surface area (Å²) in [6, 6.07) is -0.481. The van der Waals surface area contributed by atoms with Crippen LogP contribution < -0.4 is 5.32 Å². The van der Waals surface area contributed by atoms with Gasteiger partial charge in [-0.15, -0.1) is 0 Å². The van der Waals surface area contributed by atoms with Crippen LogP contribution in [0.1, 0.15) is 79.1 Å². The number of unbranched alkanes of at least 4 members (excludes halogenated alkanes) is 4. The molecule has 0 bridgehead atoms. The van der Waals surface area contributed by atoms with Crippen molar-refractivity contribution in [3.63, 3.8) is 0 Å². The average Bonchev–Trinajstić information content (AvgIpc) is 2.65. The molecular formula is C21H39N3O3. The summed E-state index contributed by atoms with van der Waals surface area (Å²) in [5.74, 6) is 0.157. The van der Waals surface area contributed by atoms with Gasteiger partial charge in [0.2, 0.25) is 17.7 Å². The van der Waals surface area contributed by atoms with Crippen LogP contribution in [0.3, 0.4) is 0 Å². The van der Waals surface area contributed by atoms with E-state index in [-0.39, 0.29) is 23.6 Å². The summed E-state index contributed by atoms with van der Waals surface area (Å²) < 4.78 is 0. The third kappa shape index (κ3) is 8.31. The Hall–Kier alpha value is -1.59.